The molecule has 1 nitrogen and oxygen atoms in total. The Bertz CT molecular complexity index is 138. The first kappa shape index (κ1) is 5.23. The zero-order valence-corrected chi connectivity index (χ0v) is 9.46. The van der Waals surface area contributed by atoms with Crippen LogP contribution in [0.2, 0.25) is 0 Å². The summed E-state index contributed by atoms with van der Waals surface area (Å²) in [5, 5.41) is 0. The van der Waals surface area contributed by atoms with Gasteiger partial charge in [-0.2, -0.15) is 0 Å². The summed E-state index contributed by atoms with van der Waals surface area (Å²) in [6.07, 6.45) is 3.72. The molecule has 2 heteroatoms. The van der Waals surface area contributed by atoms with Gasteiger partial charge in [0.1, 0.15) is 0 Å². The Morgan fingerprint density at radius 2 is 2.43 bits per heavy atom. The summed E-state index contributed by atoms with van der Waals surface area (Å²) in [4.78, 5) is 3.93. The molecule has 0 N–H and O–H groups in total. The maximum atomic E-state index is 3.93. The molecule has 0 aliphatic carbocycles. The van der Waals surface area contributed by atoms with Crippen LogP contribution in [0, 0.1) is 0 Å². The molecule has 30 valence electrons. The molecule has 0 saturated heterocycles. The van der Waals surface area contributed by atoms with Gasteiger partial charge in [-0.05, 0) is 0 Å². The number of aromatic nitrogens is 1. The van der Waals surface area contributed by atoms with Gasteiger partial charge in [0.15, 0.2) is 0 Å². The topological polar surface area (TPSA) is 12.9 Å². The van der Waals surface area contributed by atoms with Crippen LogP contribution in [0.25, 0.3) is 0 Å². The summed E-state index contributed by atoms with van der Waals surface area (Å²) in [5.74, 6) is 0. The average Bonchev–Trinajstić information content (AvgIpc) is 1.69. The Morgan fingerprint density at radius 1 is 1.57 bits per heavy atom. The van der Waals surface area contributed by atoms with Crippen molar-refractivity contribution in [3.8, 4) is 0 Å². The van der Waals surface area contributed by atoms with Gasteiger partial charge in [0.25, 0.3) is 0 Å². The van der Waals surface area contributed by atoms with Crippen molar-refractivity contribution in [2.45, 2.75) is 0 Å². The number of hydrogen-bond donors (Lipinski definition) is 0. The number of rotatable bonds is 0. The van der Waals surface area contributed by atoms with Crippen LogP contribution in [0.3, 0.4) is 0 Å². The number of pyridine rings is 1. The van der Waals surface area contributed by atoms with Gasteiger partial charge in [0.05, 0.1) is 0 Å². The van der Waals surface area contributed by atoms with Crippen LogP contribution in [-0.4, -0.2) is 4.98 Å². The van der Waals surface area contributed by atoms with E-state index in [1.54, 1.807) is 6.20 Å². The van der Waals surface area contributed by atoms with E-state index in [2.05, 4.69) is 11.1 Å². The number of hydrogen-bond acceptors (Lipinski definition) is 1. The summed E-state index contributed by atoms with van der Waals surface area (Å²) in [6, 6.07) is 4.08. The van der Waals surface area contributed by atoms with Gasteiger partial charge >= 0.3 is 58.7 Å². The van der Waals surface area contributed by atoms with Crippen LogP contribution in [0.15, 0.2) is 24.5 Å². The van der Waals surface area contributed by atoms with Gasteiger partial charge in [0.2, 0.25) is 0 Å². The quantitative estimate of drug-likeness (QED) is 0.620. The monoisotopic (exact) mass is 280 g/mol. The van der Waals surface area contributed by atoms with Gasteiger partial charge in [-0.3, -0.25) is 0 Å². The van der Waals surface area contributed by atoms with Crippen molar-refractivity contribution in [3.05, 3.63) is 24.5 Å². The molecule has 1 rings (SSSR count). The van der Waals surface area contributed by atoms with Gasteiger partial charge < -0.3 is 0 Å². The molecule has 0 fully saturated rings. The van der Waals surface area contributed by atoms with Gasteiger partial charge in [-0.15, -0.1) is 0 Å². The third kappa shape index (κ3) is 1.55. The maximum absolute atomic E-state index is 3.93. The Labute approximate surface area is 58.7 Å². The Morgan fingerprint density at radius 3 is 2.71 bits per heavy atom. The fourth-order valence-electron chi connectivity index (χ4n) is 0.398. The fourth-order valence-corrected chi connectivity index (χ4v) is 1.34. The molecule has 0 aromatic carbocycles. The second-order valence-corrected chi connectivity index (χ2v) is 4.54. The first-order chi connectivity index (χ1) is 3.39. The molecule has 7 heavy (non-hydrogen) atoms. The first-order valence-corrected chi connectivity index (χ1v) is 4.86. The summed E-state index contributed by atoms with van der Waals surface area (Å²) < 4.78 is 1.41. The third-order valence-electron chi connectivity index (χ3n) is 0.723. The summed E-state index contributed by atoms with van der Waals surface area (Å²) in [5.41, 5.74) is 0. The minimum absolute atomic E-state index is 0.747. The van der Waals surface area contributed by atoms with Crippen molar-refractivity contribution in [3.63, 3.8) is 0 Å². The van der Waals surface area contributed by atoms with Gasteiger partial charge in [-0.25, -0.2) is 0 Å². The predicted octanol–water partition coefficient (Wildman–Crippen LogP) is 0.254. The van der Waals surface area contributed by atoms with Gasteiger partial charge in [0, 0.05) is 0 Å². The van der Waals surface area contributed by atoms with E-state index in [4.69, 9.17) is 0 Å². The molecular formula is C5H4HgN+. The van der Waals surface area contributed by atoms with Crippen LogP contribution in [-0.2, 0) is 26.1 Å². The standard InChI is InChI=1S/C5H4N.Hg/c1-2-4-6-5-3-1;/h1-2,4-5H;/q;+1. The van der Waals surface area contributed by atoms with Crippen molar-refractivity contribution in [2.24, 2.45) is 0 Å². The molecular weight excluding hydrogens is 275 g/mol. The summed E-state index contributed by atoms with van der Waals surface area (Å²) in [6.45, 7) is 0. The molecule has 0 saturated carbocycles. The van der Waals surface area contributed by atoms with Crippen molar-refractivity contribution in [1.29, 1.82) is 0 Å². The molecule has 0 spiro atoms. The van der Waals surface area contributed by atoms with Crippen LogP contribution in [0.4, 0.5) is 0 Å². The summed E-state index contributed by atoms with van der Waals surface area (Å²) >= 11 is 0.747. The van der Waals surface area contributed by atoms with E-state index >= 15 is 0 Å². The molecule has 0 aliphatic heterocycles. The molecule has 0 amide bonds. The Hall–Kier alpha value is 0.0851. The average molecular weight is 279 g/mol. The van der Waals surface area contributed by atoms with Crippen molar-refractivity contribution in [1.82, 2.24) is 4.98 Å². The zero-order valence-electron chi connectivity index (χ0n) is 3.96. The molecule has 0 bridgehead atoms. The SMILES string of the molecule is [Hg+][c]1cccnc1. The molecule has 0 aliphatic rings. The Balaban J connectivity index is 3.02. The van der Waals surface area contributed by atoms with Crippen LogP contribution < -0.4 is 3.07 Å². The van der Waals surface area contributed by atoms with E-state index in [-0.39, 0.29) is 0 Å². The molecule has 1 aromatic heterocycles. The predicted molar refractivity (Wildman–Crippen MR) is 23.9 cm³/mol. The van der Waals surface area contributed by atoms with Gasteiger partial charge in [-0.1, -0.05) is 0 Å². The van der Waals surface area contributed by atoms with E-state index in [0.29, 0.717) is 0 Å². The van der Waals surface area contributed by atoms with E-state index in [1.807, 2.05) is 12.3 Å². The molecule has 1 heterocycles. The second-order valence-electron chi connectivity index (χ2n) is 1.36. The summed E-state index contributed by atoms with van der Waals surface area (Å²) in [7, 11) is 0. The third-order valence-corrected chi connectivity index (χ3v) is 2.35. The molecule has 1 aromatic rings. The van der Waals surface area contributed by atoms with Crippen molar-refractivity contribution in [2.75, 3.05) is 0 Å². The van der Waals surface area contributed by atoms with Crippen LogP contribution in [0.1, 0.15) is 0 Å². The first-order valence-electron chi connectivity index (χ1n) is 2.11. The van der Waals surface area contributed by atoms with Crippen LogP contribution >= 0.6 is 0 Å². The molecule has 0 atom stereocenters. The second kappa shape index (κ2) is 2.41. The normalized spacial score (nSPS) is 8.86. The number of nitrogens with zero attached hydrogens (tertiary/aromatic N) is 1. The minimum atomic E-state index is 0.747. The zero-order chi connectivity index (χ0) is 5.11. The molecule has 0 unspecified atom stereocenters. The van der Waals surface area contributed by atoms with Crippen molar-refractivity contribution >= 4 is 3.07 Å². The molecule has 0 radical (unpaired) electrons. The van der Waals surface area contributed by atoms with Crippen LogP contribution in [0.5, 0.6) is 0 Å². The van der Waals surface area contributed by atoms with E-state index in [1.165, 1.54) is 3.07 Å². The van der Waals surface area contributed by atoms with E-state index in [0.717, 1.165) is 26.1 Å². The fraction of sp³-hybridized carbons (Fsp3) is 0. The van der Waals surface area contributed by atoms with Crippen molar-refractivity contribution < 1.29 is 26.1 Å². The van der Waals surface area contributed by atoms with E-state index < -0.39 is 0 Å². The van der Waals surface area contributed by atoms with E-state index in [9.17, 15) is 0 Å². The Kier molecular flexibility index (Phi) is 1.80.